The summed E-state index contributed by atoms with van der Waals surface area (Å²) >= 11 is 4.15. The first-order chi connectivity index (χ1) is 4.72. The van der Waals surface area contributed by atoms with Gasteiger partial charge in [-0.05, 0) is 6.92 Å². The smallest absolute Gasteiger partial charge is 0.249 e. The molecular formula is C6H11NO2S. The maximum atomic E-state index is 11.0. The molecule has 0 bridgehead atoms. The molecule has 0 aromatic heterocycles. The maximum absolute atomic E-state index is 11.0. The second kappa shape index (κ2) is 3.25. The second-order valence-electron chi connectivity index (χ2n) is 2.27. The molecule has 0 aromatic carbocycles. The summed E-state index contributed by atoms with van der Waals surface area (Å²) in [6.07, 6.45) is 0. The Morgan fingerprint density at radius 2 is 2.50 bits per heavy atom. The minimum Gasteiger partial charge on any atom is -0.370 e. The fourth-order valence-corrected chi connectivity index (χ4v) is 1.17. The number of thiol groups is 1. The first kappa shape index (κ1) is 7.88. The van der Waals surface area contributed by atoms with Crippen LogP contribution in [-0.2, 0) is 9.53 Å². The first-order valence-electron chi connectivity index (χ1n) is 3.27. The van der Waals surface area contributed by atoms with Crippen molar-refractivity contribution in [1.82, 2.24) is 4.90 Å². The number of rotatable bonds is 1. The molecule has 1 atom stereocenters. The molecular weight excluding hydrogens is 150 g/mol. The van der Waals surface area contributed by atoms with Crippen LogP contribution < -0.4 is 0 Å². The molecule has 3 nitrogen and oxygen atoms in total. The van der Waals surface area contributed by atoms with Crippen LogP contribution in [0.1, 0.15) is 6.92 Å². The van der Waals surface area contributed by atoms with E-state index in [1.807, 2.05) is 6.92 Å². The van der Waals surface area contributed by atoms with Crippen molar-refractivity contribution >= 4 is 18.5 Å². The van der Waals surface area contributed by atoms with Crippen LogP contribution in [0.3, 0.4) is 0 Å². The summed E-state index contributed by atoms with van der Waals surface area (Å²) in [6.45, 7) is 3.40. The number of amides is 1. The zero-order chi connectivity index (χ0) is 7.56. The van der Waals surface area contributed by atoms with E-state index in [9.17, 15) is 4.79 Å². The van der Waals surface area contributed by atoms with E-state index in [1.54, 1.807) is 4.90 Å². The zero-order valence-corrected chi connectivity index (χ0v) is 6.80. The first-order valence-corrected chi connectivity index (χ1v) is 3.79. The van der Waals surface area contributed by atoms with Crippen LogP contribution in [0.4, 0.5) is 0 Å². The normalized spacial score (nSPS) is 23.0. The highest BCUT2D eigenvalue weighted by Gasteiger charge is 2.20. The highest BCUT2D eigenvalue weighted by atomic mass is 32.1. The molecule has 10 heavy (non-hydrogen) atoms. The Kier molecular flexibility index (Phi) is 2.56. The van der Waals surface area contributed by atoms with Gasteiger partial charge in [0.05, 0.1) is 12.0 Å². The quantitative estimate of drug-likeness (QED) is 0.554. The Labute approximate surface area is 65.7 Å². The Morgan fingerprint density at radius 3 is 2.90 bits per heavy atom. The minimum absolute atomic E-state index is 0.0106. The standard InChI is InChI=1S/C6H11NO2S/c1-5(10)7-2-3-9-4-6(7)8/h5,10H,2-4H2,1H3. The number of morpholine rings is 1. The lowest BCUT2D eigenvalue weighted by atomic mass is 10.4. The maximum Gasteiger partial charge on any atom is 0.249 e. The van der Waals surface area contributed by atoms with E-state index >= 15 is 0 Å². The summed E-state index contributed by atoms with van der Waals surface area (Å²) in [4.78, 5) is 12.7. The van der Waals surface area contributed by atoms with Gasteiger partial charge in [-0.1, -0.05) is 0 Å². The Balaban J connectivity index is 2.48. The lowest BCUT2D eigenvalue weighted by Gasteiger charge is -2.29. The van der Waals surface area contributed by atoms with Gasteiger partial charge >= 0.3 is 0 Å². The van der Waals surface area contributed by atoms with Gasteiger partial charge in [0.1, 0.15) is 6.61 Å². The van der Waals surface area contributed by atoms with Crippen molar-refractivity contribution in [3.05, 3.63) is 0 Å². The van der Waals surface area contributed by atoms with E-state index in [0.717, 1.165) is 0 Å². The van der Waals surface area contributed by atoms with Crippen LogP contribution in [0.5, 0.6) is 0 Å². The van der Waals surface area contributed by atoms with Gasteiger partial charge in [-0.2, -0.15) is 12.6 Å². The summed E-state index contributed by atoms with van der Waals surface area (Å²) in [5.74, 6) is 0.0359. The van der Waals surface area contributed by atoms with Crippen LogP contribution in [0.25, 0.3) is 0 Å². The average molecular weight is 161 g/mol. The molecule has 4 heteroatoms. The minimum atomic E-state index is 0.0106. The van der Waals surface area contributed by atoms with Crippen molar-refractivity contribution < 1.29 is 9.53 Å². The second-order valence-corrected chi connectivity index (χ2v) is 3.02. The van der Waals surface area contributed by atoms with Crippen molar-refractivity contribution in [2.45, 2.75) is 12.3 Å². The molecule has 0 aromatic rings. The summed E-state index contributed by atoms with van der Waals surface area (Å²) in [6, 6.07) is 0. The van der Waals surface area contributed by atoms with Crippen molar-refractivity contribution in [3.63, 3.8) is 0 Å². The summed E-state index contributed by atoms with van der Waals surface area (Å²) in [7, 11) is 0. The number of hydrogen-bond acceptors (Lipinski definition) is 3. The van der Waals surface area contributed by atoms with Gasteiger partial charge in [0.15, 0.2) is 0 Å². The third kappa shape index (κ3) is 1.64. The average Bonchev–Trinajstić information content (AvgIpc) is 1.88. The van der Waals surface area contributed by atoms with E-state index < -0.39 is 0 Å². The molecule has 1 unspecified atom stereocenters. The molecule has 1 heterocycles. The predicted octanol–water partition coefficient (Wildman–Crippen LogP) is 0.121. The van der Waals surface area contributed by atoms with Crippen LogP contribution >= 0.6 is 12.6 Å². The third-order valence-electron chi connectivity index (χ3n) is 1.47. The molecule has 1 fully saturated rings. The predicted molar refractivity (Wildman–Crippen MR) is 41.0 cm³/mol. The van der Waals surface area contributed by atoms with Crippen LogP contribution in [0.2, 0.25) is 0 Å². The number of carbonyl (C=O) groups excluding carboxylic acids is 1. The topological polar surface area (TPSA) is 29.5 Å². The van der Waals surface area contributed by atoms with Crippen molar-refractivity contribution in [2.75, 3.05) is 19.8 Å². The molecule has 0 aliphatic carbocycles. The van der Waals surface area contributed by atoms with Gasteiger partial charge in [0, 0.05) is 6.54 Å². The van der Waals surface area contributed by atoms with Crippen LogP contribution in [0.15, 0.2) is 0 Å². The highest BCUT2D eigenvalue weighted by Crippen LogP contribution is 2.06. The SMILES string of the molecule is CC(S)N1CCOCC1=O. The fraction of sp³-hybridized carbons (Fsp3) is 0.833. The van der Waals surface area contributed by atoms with Gasteiger partial charge in [-0.25, -0.2) is 0 Å². The van der Waals surface area contributed by atoms with Crippen LogP contribution in [-0.4, -0.2) is 35.9 Å². The molecule has 1 aliphatic rings. The lowest BCUT2D eigenvalue weighted by molar-refractivity contribution is -0.143. The number of carbonyl (C=O) groups is 1. The Bertz CT molecular complexity index is 138. The molecule has 58 valence electrons. The van der Waals surface area contributed by atoms with E-state index in [4.69, 9.17) is 4.74 Å². The lowest BCUT2D eigenvalue weighted by Crippen LogP contribution is -2.44. The summed E-state index contributed by atoms with van der Waals surface area (Å²) in [5.41, 5.74) is 0. The van der Waals surface area contributed by atoms with Gasteiger partial charge in [-0.15, -0.1) is 0 Å². The van der Waals surface area contributed by atoms with Crippen molar-refractivity contribution in [1.29, 1.82) is 0 Å². The van der Waals surface area contributed by atoms with Gasteiger partial charge in [0.2, 0.25) is 5.91 Å². The largest absolute Gasteiger partial charge is 0.370 e. The molecule has 1 rings (SSSR count). The van der Waals surface area contributed by atoms with E-state index in [1.165, 1.54) is 0 Å². The molecule has 1 amide bonds. The van der Waals surface area contributed by atoms with Crippen molar-refractivity contribution in [2.24, 2.45) is 0 Å². The molecule has 0 radical (unpaired) electrons. The Hall–Kier alpha value is -0.220. The molecule has 1 aliphatic heterocycles. The Morgan fingerprint density at radius 1 is 1.80 bits per heavy atom. The van der Waals surface area contributed by atoms with Crippen LogP contribution in [0, 0.1) is 0 Å². The van der Waals surface area contributed by atoms with E-state index in [2.05, 4.69) is 12.6 Å². The zero-order valence-electron chi connectivity index (χ0n) is 5.91. The van der Waals surface area contributed by atoms with E-state index in [-0.39, 0.29) is 17.9 Å². The molecule has 0 saturated carbocycles. The van der Waals surface area contributed by atoms with Gasteiger partial charge < -0.3 is 9.64 Å². The highest BCUT2D eigenvalue weighted by molar-refractivity contribution is 7.80. The summed E-state index contributed by atoms with van der Waals surface area (Å²) < 4.78 is 4.94. The van der Waals surface area contributed by atoms with Gasteiger partial charge in [-0.3, -0.25) is 4.79 Å². The molecule has 1 saturated heterocycles. The molecule has 0 spiro atoms. The third-order valence-corrected chi connectivity index (χ3v) is 1.75. The molecule has 0 N–H and O–H groups in total. The van der Waals surface area contributed by atoms with Gasteiger partial charge in [0.25, 0.3) is 0 Å². The number of hydrogen-bond donors (Lipinski definition) is 1. The van der Waals surface area contributed by atoms with Crippen molar-refractivity contribution in [3.8, 4) is 0 Å². The van der Waals surface area contributed by atoms with E-state index in [0.29, 0.717) is 13.2 Å². The number of nitrogens with zero attached hydrogens (tertiary/aromatic N) is 1. The number of ether oxygens (including phenoxy) is 1. The summed E-state index contributed by atoms with van der Waals surface area (Å²) in [5, 5.41) is 0.0106. The fourth-order valence-electron chi connectivity index (χ4n) is 0.925. The monoisotopic (exact) mass is 161 g/mol.